The van der Waals surface area contributed by atoms with Crippen molar-refractivity contribution in [3.8, 4) is 16.9 Å². The fraction of sp³-hybridized carbons (Fsp3) is 0.222. The number of hydrogen-bond donors (Lipinski definition) is 5. The highest BCUT2D eigenvalue weighted by Crippen LogP contribution is 2.24. The van der Waals surface area contributed by atoms with Crippen molar-refractivity contribution in [3.63, 3.8) is 0 Å². The first-order valence-corrected chi connectivity index (χ1v) is 23.2. The van der Waals surface area contributed by atoms with Crippen LogP contribution in [0.1, 0.15) is 33.6 Å². The molecule has 14 heteroatoms. The molecule has 8 rings (SSSR count). The lowest BCUT2D eigenvalue weighted by Gasteiger charge is -2.31. The fourth-order valence-corrected chi connectivity index (χ4v) is 8.71. The summed E-state index contributed by atoms with van der Waals surface area (Å²) in [6.07, 6.45) is 0.391. The number of rotatable bonds is 13. The van der Waals surface area contributed by atoms with Crippen LogP contribution in [0, 0.1) is 0 Å². The number of nitrogens with zero attached hydrogens (tertiary/aromatic N) is 1. The van der Waals surface area contributed by atoms with E-state index in [0.717, 1.165) is 21.6 Å². The lowest BCUT2D eigenvalue weighted by atomic mass is 9.98. The van der Waals surface area contributed by atoms with Crippen LogP contribution in [-0.4, -0.2) is 89.4 Å². The number of nitrogens with one attached hydrogen (secondary N) is 4. The maximum absolute atomic E-state index is 14.8. The molecule has 5 aromatic carbocycles. The van der Waals surface area contributed by atoms with Crippen LogP contribution in [0.2, 0.25) is 0 Å². The number of carbonyl (C=O) groups excluding carboxylic acids is 5. The summed E-state index contributed by atoms with van der Waals surface area (Å²) in [7, 11) is 1.39. The number of aryl methyl sites for hydroxylation is 1. The Kier molecular flexibility index (Phi) is 16.3. The predicted molar refractivity (Wildman–Crippen MR) is 261 cm³/mol. The summed E-state index contributed by atoms with van der Waals surface area (Å²) in [6, 6.07) is 39.4. The summed E-state index contributed by atoms with van der Waals surface area (Å²) in [5, 5.41) is 23.6. The predicted octanol–water partition coefficient (Wildman–Crippen LogP) is 6.03. The van der Waals surface area contributed by atoms with Gasteiger partial charge < -0.3 is 36.0 Å². The van der Waals surface area contributed by atoms with Gasteiger partial charge in [0, 0.05) is 31.2 Å². The second kappa shape index (κ2) is 23.1. The maximum atomic E-state index is 14.8. The molecule has 6 aromatic rings. The minimum atomic E-state index is -1.32. The van der Waals surface area contributed by atoms with Crippen LogP contribution in [0.25, 0.3) is 16.7 Å². The van der Waals surface area contributed by atoms with Crippen molar-refractivity contribution in [1.82, 2.24) is 26.2 Å². The number of amides is 5. The molecular formula is C54H53N5O8S. The second-order valence-electron chi connectivity index (χ2n) is 16.6. The second-order valence-corrected chi connectivity index (χ2v) is 17.6. The third kappa shape index (κ3) is 12.9. The van der Waals surface area contributed by atoms with E-state index < -0.39 is 72.3 Å². The molecule has 0 saturated heterocycles. The van der Waals surface area contributed by atoms with Gasteiger partial charge in [-0.3, -0.25) is 24.0 Å². The van der Waals surface area contributed by atoms with E-state index in [4.69, 9.17) is 4.74 Å². The summed E-state index contributed by atoms with van der Waals surface area (Å²) in [4.78, 5) is 86.6. The Hall–Kier alpha value is -7.84. The van der Waals surface area contributed by atoms with Gasteiger partial charge in [-0.2, -0.15) is 0 Å². The summed E-state index contributed by atoms with van der Waals surface area (Å²) >= 11 is 1.33. The van der Waals surface area contributed by atoms with Crippen molar-refractivity contribution in [3.05, 3.63) is 191 Å². The van der Waals surface area contributed by atoms with Crippen molar-refractivity contribution in [2.24, 2.45) is 0 Å². The first-order chi connectivity index (χ1) is 32.9. The van der Waals surface area contributed by atoms with E-state index in [9.17, 15) is 33.9 Å². The standard InChI is InChI=1S/C54H53N5O8S/c1-35(47-19-12-30-68-47)49-52(63)56-44(31-38-20-25-41(26-21-38)40-17-10-5-11-18-40)51(62)55-43(29-24-36-13-6-3-7-14-36)50(61)57-45(32-39-22-27-42(28-23-39)67-34-48(60)58-49)53(64)59(2)46(54(65)66)33-37-15-8-4-9-16-37/h3-23,25-28,30,43-46,49H,1,24,29,31-34H2,2H3,(H,55,62)(H,56,63)(H,57,61)(H,58,60)(H,65,66). The van der Waals surface area contributed by atoms with Crippen LogP contribution in [-0.2, 0) is 54.5 Å². The quantitative estimate of drug-likeness (QED) is 0.0870. The molecule has 13 nitrogen and oxygen atoms in total. The summed E-state index contributed by atoms with van der Waals surface area (Å²) < 4.78 is 5.83. The Balaban J connectivity index is 1.25. The van der Waals surface area contributed by atoms with Crippen molar-refractivity contribution in [2.45, 2.75) is 62.3 Å². The van der Waals surface area contributed by atoms with Gasteiger partial charge >= 0.3 is 5.97 Å². The first kappa shape index (κ1) is 48.1. The van der Waals surface area contributed by atoms with E-state index >= 15 is 0 Å². The smallest absolute Gasteiger partial charge is 0.326 e. The molecule has 0 saturated carbocycles. The SMILES string of the molecule is C=C(c1cccs1)C1NC(=O)COc2ccc(cc2)CC(C(=O)N(C)C(Cc2ccccc2)C(=O)O)NC(=O)C(CCc2ccccc2)NC(=O)C(Cc2ccc(-c3ccccc3)cc2)NC1=O. The van der Waals surface area contributed by atoms with E-state index in [-0.39, 0.29) is 25.7 Å². The van der Waals surface area contributed by atoms with Crippen LogP contribution in [0.5, 0.6) is 5.75 Å². The van der Waals surface area contributed by atoms with Gasteiger partial charge in [0.05, 0.1) is 0 Å². The average molecular weight is 932 g/mol. The molecule has 5 N–H and O–H groups in total. The van der Waals surface area contributed by atoms with E-state index in [1.54, 1.807) is 60.7 Å². The van der Waals surface area contributed by atoms with Crippen LogP contribution >= 0.6 is 11.3 Å². The number of carboxylic acids is 1. The molecule has 3 heterocycles. The van der Waals surface area contributed by atoms with Crippen molar-refractivity contribution < 1.29 is 38.6 Å². The molecule has 0 aliphatic carbocycles. The van der Waals surface area contributed by atoms with Gasteiger partial charge in [-0.25, -0.2) is 4.79 Å². The highest BCUT2D eigenvalue weighted by molar-refractivity contribution is 7.11. The molecule has 5 amide bonds. The minimum absolute atomic E-state index is 0.00714. The number of likely N-dealkylation sites (N-methyl/N-ethyl adjacent to an activating group) is 1. The third-order valence-electron chi connectivity index (χ3n) is 11.8. The van der Waals surface area contributed by atoms with Crippen LogP contribution in [0.3, 0.4) is 0 Å². The summed E-state index contributed by atoms with van der Waals surface area (Å²) in [6.45, 7) is 3.70. The van der Waals surface area contributed by atoms with Gasteiger partial charge in [0.15, 0.2) is 6.61 Å². The molecule has 2 aliphatic heterocycles. The van der Waals surface area contributed by atoms with E-state index in [0.29, 0.717) is 39.3 Å². The van der Waals surface area contributed by atoms with E-state index in [1.807, 2.05) is 96.4 Å². The Morgan fingerprint density at radius 3 is 1.93 bits per heavy atom. The Morgan fingerprint density at radius 2 is 1.29 bits per heavy atom. The molecule has 2 aliphatic rings. The molecular weight excluding hydrogens is 879 g/mol. The third-order valence-corrected chi connectivity index (χ3v) is 12.8. The van der Waals surface area contributed by atoms with Gasteiger partial charge in [0.2, 0.25) is 23.6 Å². The van der Waals surface area contributed by atoms with E-state index in [1.165, 1.54) is 18.4 Å². The molecule has 0 spiro atoms. The molecule has 348 valence electrons. The number of hydrogen-bond acceptors (Lipinski definition) is 8. The zero-order valence-corrected chi connectivity index (χ0v) is 38.3. The average Bonchev–Trinajstić information content (AvgIpc) is 3.91. The molecule has 1 aromatic heterocycles. The molecule has 5 unspecified atom stereocenters. The van der Waals surface area contributed by atoms with Crippen LogP contribution < -0.4 is 26.0 Å². The zero-order valence-electron chi connectivity index (χ0n) is 37.5. The lowest BCUT2D eigenvalue weighted by Crippen LogP contribution is -2.60. The van der Waals surface area contributed by atoms with Crippen LogP contribution in [0.15, 0.2) is 164 Å². The number of carboxylic acid groups (broad SMARTS) is 1. The normalized spacial score (nSPS) is 18.5. The highest BCUT2D eigenvalue weighted by atomic mass is 32.1. The Labute approximate surface area is 399 Å². The number of aliphatic carboxylic acids is 1. The van der Waals surface area contributed by atoms with Gasteiger partial charge in [-0.05, 0) is 75.4 Å². The number of benzene rings is 5. The number of fused-ring (bicyclic) bond motifs is 16. The lowest BCUT2D eigenvalue weighted by molar-refractivity contribution is -0.150. The fourth-order valence-electron chi connectivity index (χ4n) is 7.98. The topological polar surface area (TPSA) is 183 Å². The van der Waals surface area contributed by atoms with Crippen LogP contribution in [0.4, 0.5) is 0 Å². The first-order valence-electron chi connectivity index (χ1n) is 22.3. The maximum Gasteiger partial charge on any atom is 0.326 e. The minimum Gasteiger partial charge on any atom is -0.484 e. The Bertz CT molecular complexity index is 2680. The van der Waals surface area contributed by atoms with Gasteiger partial charge in [0.1, 0.15) is 36.0 Å². The summed E-state index contributed by atoms with van der Waals surface area (Å²) in [5.74, 6) is -4.32. The van der Waals surface area contributed by atoms with Crippen molar-refractivity contribution >= 4 is 52.4 Å². The van der Waals surface area contributed by atoms with Gasteiger partial charge in [0.25, 0.3) is 5.91 Å². The summed E-state index contributed by atoms with van der Waals surface area (Å²) in [5.41, 5.74) is 5.11. The highest BCUT2D eigenvalue weighted by Gasteiger charge is 2.36. The van der Waals surface area contributed by atoms with Gasteiger partial charge in [-0.1, -0.05) is 140 Å². The zero-order chi connectivity index (χ0) is 48.0. The Morgan fingerprint density at radius 1 is 0.691 bits per heavy atom. The molecule has 0 fully saturated rings. The number of ether oxygens (including phenoxy) is 1. The number of carbonyl (C=O) groups is 6. The van der Waals surface area contributed by atoms with Crippen molar-refractivity contribution in [1.29, 1.82) is 0 Å². The largest absolute Gasteiger partial charge is 0.484 e. The molecule has 5 atom stereocenters. The number of thiophene rings is 1. The molecule has 2 bridgehead atoms. The van der Waals surface area contributed by atoms with E-state index in [2.05, 4.69) is 27.8 Å². The van der Waals surface area contributed by atoms with Gasteiger partial charge in [-0.15, -0.1) is 11.3 Å². The molecule has 0 radical (unpaired) electrons. The monoisotopic (exact) mass is 931 g/mol. The molecule has 68 heavy (non-hydrogen) atoms. The van der Waals surface area contributed by atoms with Crippen molar-refractivity contribution in [2.75, 3.05) is 13.7 Å².